The highest BCUT2D eigenvalue weighted by molar-refractivity contribution is 14.1. The van der Waals surface area contributed by atoms with Crippen molar-refractivity contribution < 1.29 is 4.79 Å². The first-order chi connectivity index (χ1) is 11.2. The van der Waals surface area contributed by atoms with Crippen molar-refractivity contribution in [3.8, 4) is 0 Å². The number of halogens is 1. The number of allylic oxidation sites excluding steroid dienone is 1. The van der Waals surface area contributed by atoms with Crippen LogP contribution >= 0.6 is 22.6 Å². The summed E-state index contributed by atoms with van der Waals surface area (Å²) in [6, 6.07) is 18.3. The SMILES string of the molecule is CN(C(=O)CCCC/C=C/c1ccccc1)c1ccccc1I. The Labute approximate surface area is 152 Å². The van der Waals surface area contributed by atoms with Crippen LogP contribution in [0.15, 0.2) is 60.7 Å². The number of rotatable bonds is 7. The Morgan fingerprint density at radius 2 is 1.74 bits per heavy atom. The standard InChI is InChI=1S/C20H22INO/c1-22(19-15-10-9-14-18(19)21)20(23)16-8-3-2-5-11-17-12-6-4-7-13-17/h4-7,9-15H,2-3,8,16H2,1H3/b11-5+. The van der Waals surface area contributed by atoms with E-state index in [0.29, 0.717) is 6.42 Å². The fourth-order valence-electron chi connectivity index (χ4n) is 2.35. The van der Waals surface area contributed by atoms with Crippen molar-refractivity contribution >= 4 is 40.3 Å². The van der Waals surface area contributed by atoms with Gasteiger partial charge in [0.2, 0.25) is 5.91 Å². The van der Waals surface area contributed by atoms with Gasteiger partial charge in [0.05, 0.1) is 5.69 Å². The topological polar surface area (TPSA) is 20.3 Å². The molecular formula is C20H22INO. The molecule has 0 aliphatic rings. The lowest BCUT2D eigenvalue weighted by Gasteiger charge is -2.18. The van der Waals surface area contributed by atoms with Crippen LogP contribution in [-0.2, 0) is 4.79 Å². The number of carbonyl (C=O) groups excluding carboxylic acids is 1. The molecule has 0 saturated heterocycles. The second kappa shape index (κ2) is 9.50. The van der Waals surface area contributed by atoms with Gasteiger partial charge in [-0.15, -0.1) is 0 Å². The summed E-state index contributed by atoms with van der Waals surface area (Å²) in [5.74, 6) is 0.182. The van der Waals surface area contributed by atoms with Crippen LogP contribution in [0, 0.1) is 3.57 Å². The van der Waals surface area contributed by atoms with Gasteiger partial charge in [0.1, 0.15) is 0 Å². The first-order valence-corrected chi connectivity index (χ1v) is 8.99. The van der Waals surface area contributed by atoms with Crippen LogP contribution < -0.4 is 4.90 Å². The van der Waals surface area contributed by atoms with Crippen molar-refractivity contribution in [3.05, 3.63) is 69.8 Å². The third kappa shape index (κ3) is 5.82. The highest BCUT2D eigenvalue weighted by Crippen LogP contribution is 2.21. The molecule has 0 aliphatic heterocycles. The first kappa shape index (κ1) is 17.7. The number of carbonyl (C=O) groups is 1. The molecule has 120 valence electrons. The summed E-state index contributed by atoms with van der Waals surface area (Å²) in [6.07, 6.45) is 7.89. The Morgan fingerprint density at radius 3 is 2.48 bits per heavy atom. The molecule has 0 bridgehead atoms. The lowest BCUT2D eigenvalue weighted by molar-refractivity contribution is -0.118. The number of amides is 1. The van der Waals surface area contributed by atoms with Crippen LogP contribution in [0.1, 0.15) is 31.2 Å². The van der Waals surface area contributed by atoms with Crippen LogP contribution in [0.3, 0.4) is 0 Å². The van der Waals surface area contributed by atoms with Gasteiger partial charge in [0, 0.05) is 17.0 Å². The van der Waals surface area contributed by atoms with E-state index in [-0.39, 0.29) is 5.91 Å². The van der Waals surface area contributed by atoms with Crippen molar-refractivity contribution in [2.24, 2.45) is 0 Å². The van der Waals surface area contributed by atoms with E-state index in [2.05, 4.69) is 46.9 Å². The summed E-state index contributed by atoms with van der Waals surface area (Å²) in [5.41, 5.74) is 2.21. The van der Waals surface area contributed by atoms with Gasteiger partial charge in [-0.1, -0.05) is 54.6 Å². The maximum Gasteiger partial charge on any atom is 0.226 e. The third-order valence-corrected chi connectivity index (χ3v) is 4.62. The minimum Gasteiger partial charge on any atom is -0.314 e. The van der Waals surface area contributed by atoms with Crippen molar-refractivity contribution in [3.63, 3.8) is 0 Å². The highest BCUT2D eigenvalue weighted by Gasteiger charge is 2.12. The molecule has 2 nitrogen and oxygen atoms in total. The lowest BCUT2D eigenvalue weighted by atomic mass is 10.1. The van der Waals surface area contributed by atoms with Gasteiger partial charge in [-0.25, -0.2) is 0 Å². The minimum atomic E-state index is 0.182. The highest BCUT2D eigenvalue weighted by atomic mass is 127. The first-order valence-electron chi connectivity index (χ1n) is 7.91. The Bertz CT molecular complexity index is 652. The Morgan fingerprint density at radius 1 is 1.04 bits per heavy atom. The number of hydrogen-bond acceptors (Lipinski definition) is 1. The molecule has 0 radical (unpaired) electrons. The molecule has 0 N–H and O–H groups in total. The van der Waals surface area contributed by atoms with E-state index in [1.807, 2.05) is 49.5 Å². The van der Waals surface area contributed by atoms with Crippen molar-refractivity contribution in [2.45, 2.75) is 25.7 Å². The average Bonchev–Trinajstić information content (AvgIpc) is 2.58. The lowest BCUT2D eigenvalue weighted by Crippen LogP contribution is -2.26. The van der Waals surface area contributed by atoms with Crippen LogP contribution in [0.2, 0.25) is 0 Å². The van der Waals surface area contributed by atoms with Gasteiger partial charge in [-0.05, 0) is 59.5 Å². The predicted octanol–water partition coefficient (Wildman–Crippen LogP) is 5.53. The van der Waals surface area contributed by atoms with Crippen molar-refractivity contribution in [1.29, 1.82) is 0 Å². The molecular weight excluding hydrogens is 397 g/mol. The molecule has 23 heavy (non-hydrogen) atoms. The van der Waals surface area contributed by atoms with Gasteiger partial charge in [-0.3, -0.25) is 4.79 Å². The Kier molecular flexibility index (Phi) is 7.33. The van der Waals surface area contributed by atoms with Crippen LogP contribution in [-0.4, -0.2) is 13.0 Å². The molecule has 3 heteroatoms. The molecule has 0 spiro atoms. The zero-order valence-corrected chi connectivity index (χ0v) is 15.6. The van der Waals surface area contributed by atoms with Crippen molar-refractivity contribution in [1.82, 2.24) is 0 Å². The maximum absolute atomic E-state index is 12.3. The summed E-state index contributed by atoms with van der Waals surface area (Å²) >= 11 is 2.27. The molecule has 0 atom stereocenters. The summed E-state index contributed by atoms with van der Waals surface area (Å²) < 4.78 is 1.10. The molecule has 0 aliphatic carbocycles. The number of unbranched alkanes of at least 4 members (excludes halogenated alkanes) is 2. The quantitative estimate of drug-likeness (QED) is 0.427. The van der Waals surface area contributed by atoms with Gasteiger partial charge < -0.3 is 4.90 Å². The molecule has 2 aromatic carbocycles. The maximum atomic E-state index is 12.3. The van der Waals surface area contributed by atoms with Gasteiger partial charge >= 0.3 is 0 Å². The van der Waals surface area contributed by atoms with E-state index >= 15 is 0 Å². The zero-order chi connectivity index (χ0) is 16.5. The van der Waals surface area contributed by atoms with E-state index in [1.165, 1.54) is 5.56 Å². The Balaban J connectivity index is 1.71. The molecule has 0 aromatic heterocycles. The summed E-state index contributed by atoms with van der Waals surface area (Å²) in [6.45, 7) is 0. The monoisotopic (exact) mass is 419 g/mol. The van der Waals surface area contributed by atoms with E-state index in [4.69, 9.17) is 0 Å². The van der Waals surface area contributed by atoms with Gasteiger partial charge in [0.15, 0.2) is 0 Å². The number of anilines is 1. The normalized spacial score (nSPS) is 10.9. The molecule has 0 heterocycles. The smallest absolute Gasteiger partial charge is 0.226 e. The minimum absolute atomic E-state index is 0.182. The van der Waals surface area contributed by atoms with Crippen LogP contribution in [0.4, 0.5) is 5.69 Å². The number of para-hydroxylation sites is 1. The van der Waals surface area contributed by atoms with Crippen molar-refractivity contribution in [2.75, 3.05) is 11.9 Å². The molecule has 0 unspecified atom stereocenters. The van der Waals surface area contributed by atoms with E-state index in [0.717, 1.165) is 28.5 Å². The second-order valence-corrected chi connectivity index (χ2v) is 6.63. The number of nitrogens with zero attached hydrogens (tertiary/aromatic N) is 1. The largest absolute Gasteiger partial charge is 0.314 e. The van der Waals surface area contributed by atoms with E-state index < -0.39 is 0 Å². The van der Waals surface area contributed by atoms with Crippen LogP contribution in [0.5, 0.6) is 0 Å². The second-order valence-electron chi connectivity index (χ2n) is 5.46. The summed E-state index contributed by atoms with van der Waals surface area (Å²) in [7, 11) is 1.86. The number of benzene rings is 2. The fraction of sp³-hybridized carbons (Fsp3) is 0.250. The molecule has 0 fully saturated rings. The fourth-order valence-corrected chi connectivity index (χ4v) is 3.10. The third-order valence-electron chi connectivity index (χ3n) is 3.71. The van der Waals surface area contributed by atoms with E-state index in [9.17, 15) is 4.79 Å². The molecule has 0 saturated carbocycles. The Hall–Kier alpha value is -1.62. The number of hydrogen-bond donors (Lipinski definition) is 0. The van der Waals surface area contributed by atoms with Gasteiger partial charge in [0.25, 0.3) is 0 Å². The summed E-state index contributed by atoms with van der Waals surface area (Å²) in [5, 5.41) is 0. The molecule has 1 amide bonds. The summed E-state index contributed by atoms with van der Waals surface area (Å²) in [4.78, 5) is 14.0. The van der Waals surface area contributed by atoms with E-state index in [1.54, 1.807) is 4.90 Å². The molecule has 2 aromatic rings. The zero-order valence-electron chi connectivity index (χ0n) is 13.4. The molecule has 2 rings (SSSR count). The van der Waals surface area contributed by atoms with Crippen LogP contribution in [0.25, 0.3) is 6.08 Å². The average molecular weight is 419 g/mol. The predicted molar refractivity (Wildman–Crippen MR) is 107 cm³/mol. The van der Waals surface area contributed by atoms with Gasteiger partial charge in [-0.2, -0.15) is 0 Å².